The van der Waals surface area contributed by atoms with Gasteiger partial charge in [-0.25, -0.2) is 4.39 Å². The van der Waals surface area contributed by atoms with E-state index in [0.717, 1.165) is 16.2 Å². The zero-order valence-electron chi connectivity index (χ0n) is 8.99. The van der Waals surface area contributed by atoms with Crippen LogP contribution in [0.1, 0.15) is 5.56 Å². The van der Waals surface area contributed by atoms with Crippen molar-refractivity contribution in [2.24, 2.45) is 0 Å². The standard InChI is InChI=1S/C13H11ClFNS/c14-12-6-1-9(7-13(12)16)8-17-11-4-2-10(15)3-5-11/h1-7H,8,16H2. The summed E-state index contributed by atoms with van der Waals surface area (Å²) in [5.74, 6) is 0.567. The third-order valence-corrected chi connectivity index (χ3v) is 3.71. The van der Waals surface area contributed by atoms with Crippen LogP contribution in [0.25, 0.3) is 0 Å². The molecule has 88 valence electrons. The summed E-state index contributed by atoms with van der Waals surface area (Å²) in [6, 6.07) is 12.0. The Balaban J connectivity index is 2.02. The smallest absolute Gasteiger partial charge is 0.123 e. The summed E-state index contributed by atoms with van der Waals surface area (Å²) in [6.45, 7) is 0. The van der Waals surface area contributed by atoms with E-state index in [-0.39, 0.29) is 5.82 Å². The quantitative estimate of drug-likeness (QED) is 0.661. The summed E-state index contributed by atoms with van der Waals surface area (Å²) in [5, 5.41) is 0.570. The Kier molecular flexibility index (Phi) is 3.92. The summed E-state index contributed by atoms with van der Waals surface area (Å²) in [4.78, 5) is 1.03. The van der Waals surface area contributed by atoms with Gasteiger partial charge in [0, 0.05) is 10.6 Å². The van der Waals surface area contributed by atoms with Crippen molar-refractivity contribution in [3.05, 3.63) is 58.9 Å². The van der Waals surface area contributed by atoms with Gasteiger partial charge in [-0.1, -0.05) is 17.7 Å². The number of hydrogen-bond acceptors (Lipinski definition) is 2. The molecule has 0 bridgehead atoms. The second-order valence-electron chi connectivity index (χ2n) is 3.60. The molecule has 2 rings (SSSR count). The highest BCUT2D eigenvalue weighted by molar-refractivity contribution is 7.98. The van der Waals surface area contributed by atoms with Crippen LogP contribution in [0.2, 0.25) is 5.02 Å². The molecule has 0 spiro atoms. The van der Waals surface area contributed by atoms with Crippen molar-refractivity contribution in [3.8, 4) is 0 Å². The van der Waals surface area contributed by atoms with Gasteiger partial charge in [-0.05, 0) is 42.0 Å². The van der Waals surface area contributed by atoms with Gasteiger partial charge in [0.05, 0.1) is 10.7 Å². The van der Waals surface area contributed by atoms with Crippen molar-refractivity contribution in [1.82, 2.24) is 0 Å². The van der Waals surface area contributed by atoms with Crippen LogP contribution in [-0.2, 0) is 5.75 Å². The Hall–Kier alpha value is -1.19. The molecule has 4 heteroatoms. The van der Waals surface area contributed by atoms with Crippen LogP contribution in [0.5, 0.6) is 0 Å². The van der Waals surface area contributed by atoms with Gasteiger partial charge in [0.15, 0.2) is 0 Å². The maximum absolute atomic E-state index is 12.7. The van der Waals surface area contributed by atoms with E-state index in [2.05, 4.69) is 0 Å². The second kappa shape index (κ2) is 5.43. The van der Waals surface area contributed by atoms with E-state index in [1.165, 1.54) is 12.1 Å². The number of thioether (sulfide) groups is 1. The van der Waals surface area contributed by atoms with E-state index in [1.807, 2.05) is 12.1 Å². The van der Waals surface area contributed by atoms with Crippen LogP contribution in [0, 0.1) is 5.82 Å². The molecular formula is C13H11ClFNS. The highest BCUT2D eigenvalue weighted by atomic mass is 35.5. The number of halogens is 2. The molecule has 2 N–H and O–H groups in total. The monoisotopic (exact) mass is 267 g/mol. The van der Waals surface area contributed by atoms with Crippen molar-refractivity contribution in [3.63, 3.8) is 0 Å². The lowest BCUT2D eigenvalue weighted by Gasteiger charge is -2.04. The number of rotatable bonds is 3. The first-order valence-corrected chi connectivity index (χ1v) is 6.44. The predicted octanol–water partition coefficient (Wildman–Crippen LogP) is 4.35. The first kappa shape index (κ1) is 12.3. The van der Waals surface area contributed by atoms with Crippen LogP contribution in [0.3, 0.4) is 0 Å². The van der Waals surface area contributed by atoms with Gasteiger partial charge in [-0.15, -0.1) is 11.8 Å². The molecule has 0 unspecified atom stereocenters. The fourth-order valence-corrected chi connectivity index (χ4v) is 2.34. The predicted molar refractivity (Wildman–Crippen MR) is 71.8 cm³/mol. The molecule has 0 amide bonds. The maximum Gasteiger partial charge on any atom is 0.123 e. The Morgan fingerprint density at radius 3 is 2.47 bits per heavy atom. The molecule has 0 aliphatic carbocycles. The number of anilines is 1. The lowest BCUT2D eigenvalue weighted by Crippen LogP contribution is -1.88. The summed E-state index contributed by atoms with van der Waals surface area (Å²) in [5.41, 5.74) is 7.40. The van der Waals surface area contributed by atoms with E-state index in [9.17, 15) is 4.39 Å². The molecule has 0 aromatic heterocycles. The SMILES string of the molecule is Nc1cc(CSc2ccc(F)cc2)ccc1Cl. The van der Waals surface area contributed by atoms with Gasteiger partial charge in [-0.3, -0.25) is 0 Å². The molecule has 1 nitrogen and oxygen atoms in total. The number of nitrogens with two attached hydrogens (primary N) is 1. The first-order valence-electron chi connectivity index (χ1n) is 5.07. The number of nitrogen functional groups attached to an aromatic ring is 1. The van der Waals surface area contributed by atoms with E-state index in [1.54, 1.807) is 30.0 Å². The Bertz CT molecular complexity index is 513. The van der Waals surface area contributed by atoms with Crippen LogP contribution in [0.15, 0.2) is 47.4 Å². The molecule has 0 atom stereocenters. The van der Waals surface area contributed by atoms with Gasteiger partial charge in [0.1, 0.15) is 5.82 Å². The van der Waals surface area contributed by atoms with Gasteiger partial charge in [0.25, 0.3) is 0 Å². The zero-order valence-corrected chi connectivity index (χ0v) is 10.6. The molecule has 0 fully saturated rings. The molecule has 0 saturated carbocycles. The average Bonchev–Trinajstić information content (AvgIpc) is 2.33. The lowest BCUT2D eigenvalue weighted by molar-refractivity contribution is 0.626. The second-order valence-corrected chi connectivity index (χ2v) is 5.05. The average molecular weight is 268 g/mol. The van der Waals surface area contributed by atoms with Crippen LogP contribution in [0.4, 0.5) is 10.1 Å². The molecule has 2 aromatic rings. The minimum atomic E-state index is -0.218. The molecule has 0 saturated heterocycles. The van der Waals surface area contributed by atoms with E-state index in [0.29, 0.717) is 10.7 Å². The fraction of sp³-hybridized carbons (Fsp3) is 0.0769. The normalized spacial score (nSPS) is 10.5. The summed E-state index contributed by atoms with van der Waals surface area (Å²) in [7, 11) is 0. The van der Waals surface area contributed by atoms with Crippen molar-refractivity contribution >= 4 is 29.1 Å². The summed E-state index contributed by atoms with van der Waals surface area (Å²) >= 11 is 7.47. The fourth-order valence-electron chi connectivity index (χ4n) is 1.38. The van der Waals surface area contributed by atoms with Gasteiger partial charge in [-0.2, -0.15) is 0 Å². The Morgan fingerprint density at radius 1 is 1.12 bits per heavy atom. The van der Waals surface area contributed by atoms with E-state index >= 15 is 0 Å². The Morgan fingerprint density at radius 2 is 1.82 bits per heavy atom. The molecule has 0 aliphatic heterocycles. The van der Waals surface area contributed by atoms with Crippen molar-refractivity contribution in [1.29, 1.82) is 0 Å². The zero-order chi connectivity index (χ0) is 12.3. The molecule has 17 heavy (non-hydrogen) atoms. The van der Waals surface area contributed by atoms with Gasteiger partial charge < -0.3 is 5.73 Å². The Labute approximate surface area is 109 Å². The minimum Gasteiger partial charge on any atom is -0.398 e. The van der Waals surface area contributed by atoms with Crippen LogP contribution < -0.4 is 5.73 Å². The highest BCUT2D eigenvalue weighted by Gasteiger charge is 2.00. The third kappa shape index (κ3) is 3.38. The van der Waals surface area contributed by atoms with Crippen LogP contribution >= 0.6 is 23.4 Å². The third-order valence-electron chi connectivity index (χ3n) is 2.28. The van der Waals surface area contributed by atoms with E-state index < -0.39 is 0 Å². The molecule has 0 radical (unpaired) electrons. The largest absolute Gasteiger partial charge is 0.398 e. The lowest BCUT2D eigenvalue weighted by atomic mass is 10.2. The molecule has 0 heterocycles. The van der Waals surface area contributed by atoms with Crippen molar-refractivity contribution < 1.29 is 4.39 Å². The van der Waals surface area contributed by atoms with Crippen molar-refractivity contribution in [2.75, 3.05) is 5.73 Å². The van der Waals surface area contributed by atoms with Crippen LogP contribution in [-0.4, -0.2) is 0 Å². The number of benzene rings is 2. The van der Waals surface area contributed by atoms with E-state index in [4.69, 9.17) is 17.3 Å². The summed E-state index contributed by atoms with van der Waals surface area (Å²) in [6.07, 6.45) is 0. The first-order chi connectivity index (χ1) is 8.15. The molecule has 0 aliphatic rings. The summed E-state index contributed by atoms with van der Waals surface area (Å²) < 4.78 is 12.7. The molecular weight excluding hydrogens is 257 g/mol. The number of hydrogen-bond donors (Lipinski definition) is 1. The maximum atomic E-state index is 12.7. The highest BCUT2D eigenvalue weighted by Crippen LogP contribution is 2.26. The molecule has 2 aromatic carbocycles. The van der Waals surface area contributed by atoms with Gasteiger partial charge in [0.2, 0.25) is 0 Å². The minimum absolute atomic E-state index is 0.218. The topological polar surface area (TPSA) is 26.0 Å². The van der Waals surface area contributed by atoms with Crippen molar-refractivity contribution in [2.45, 2.75) is 10.6 Å². The van der Waals surface area contributed by atoms with Gasteiger partial charge >= 0.3 is 0 Å².